The average Bonchev–Trinajstić information content (AvgIpc) is 3.08. The Morgan fingerprint density at radius 3 is 2.92 bits per heavy atom. The molecule has 2 unspecified atom stereocenters. The summed E-state index contributed by atoms with van der Waals surface area (Å²) in [6.07, 6.45) is 5.55. The molecule has 1 N–H and O–H groups in total. The van der Waals surface area contributed by atoms with Gasteiger partial charge in [0.05, 0.1) is 18.8 Å². The molecule has 2 aliphatic rings. The van der Waals surface area contributed by atoms with Gasteiger partial charge in [0.25, 0.3) is 0 Å². The van der Waals surface area contributed by atoms with Crippen LogP contribution in [0.1, 0.15) is 18.9 Å². The van der Waals surface area contributed by atoms with Crippen LogP contribution in [0.4, 0.5) is 0 Å². The third kappa shape index (κ3) is 4.61. The molecule has 25 heavy (non-hydrogen) atoms. The largest absolute Gasteiger partial charge is 0.373 e. The van der Waals surface area contributed by atoms with Gasteiger partial charge in [-0.25, -0.2) is 0 Å². The molecular weight excluding hydrogens is 312 g/mol. The minimum Gasteiger partial charge on any atom is -0.373 e. The summed E-state index contributed by atoms with van der Waals surface area (Å²) in [5.74, 6) is 0.988. The van der Waals surface area contributed by atoms with E-state index in [-0.39, 0.29) is 6.10 Å². The molecule has 0 bridgehead atoms. The van der Waals surface area contributed by atoms with Gasteiger partial charge in [-0.1, -0.05) is 42.5 Å². The van der Waals surface area contributed by atoms with Crippen molar-refractivity contribution in [3.8, 4) is 0 Å². The smallest absolute Gasteiger partial charge is 0.193 e. The van der Waals surface area contributed by atoms with Crippen LogP contribution in [0.3, 0.4) is 0 Å². The van der Waals surface area contributed by atoms with E-state index in [4.69, 9.17) is 4.74 Å². The Hall–Kier alpha value is -1.85. The summed E-state index contributed by atoms with van der Waals surface area (Å²) in [6, 6.07) is 11.2. The molecule has 0 saturated carbocycles. The van der Waals surface area contributed by atoms with Crippen LogP contribution < -0.4 is 5.32 Å². The second-order valence-corrected chi connectivity index (χ2v) is 6.67. The number of hydrogen-bond acceptors (Lipinski definition) is 3. The van der Waals surface area contributed by atoms with Crippen LogP contribution in [0.15, 0.2) is 47.5 Å². The van der Waals surface area contributed by atoms with Crippen LogP contribution in [-0.4, -0.2) is 67.7 Å². The molecule has 5 nitrogen and oxygen atoms in total. The maximum Gasteiger partial charge on any atom is 0.193 e. The number of likely N-dealkylation sites (tertiary alicyclic amines) is 1. The summed E-state index contributed by atoms with van der Waals surface area (Å²) in [4.78, 5) is 9.38. The van der Waals surface area contributed by atoms with Crippen molar-refractivity contribution in [2.75, 3.05) is 39.8 Å². The van der Waals surface area contributed by atoms with Gasteiger partial charge in [0.2, 0.25) is 0 Å². The number of rotatable bonds is 5. The Kier molecular flexibility index (Phi) is 6.48. The number of allylic oxidation sites excluding steroid dienone is 1. The van der Waals surface area contributed by atoms with Crippen molar-refractivity contribution in [1.29, 1.82) is 0 Å². The van der Waals surface area contributed by atoms with Gasteiger partial charge in [0, 0.05) is 39.8 Å². The van der Waals surface area contributed by atoms with E-state index in [1.165, 1.54) is 5.56 Å². The fourth-order valence-corrected chi connectivity index (χ4v) is 3.71. The molecule has 0 radical (unpaired) electrons. The topological polar surface area (TPSA) is 40.1 Å². The average molecular weight is 342 g/mol. The molecule has 5 heteroatoms. The lowest BCUT2D eigenvalue weighted by Crippen LogP contribution is -2.50. The van der Waals surface area contributed by atoms with Crippen molar-refractivity contribution < 1.29 is 4.74 Å². The second-order valence-electron chi connectivity index (χ2n) is 6.67. The molecule has 3 rings (SSSR count). The van der Waals surface area contributed by atoms with E-state index < -0.39 is 0 Å². The van der Waals surface area contributed by atoms with Crippen LogP contribution in [0.25, 0.3) is 0 Å². The zero-order valence-corrected chi connectivity index (χ0v) is 15.4. The predicted molar refractivity (Wildman–Crippen MR) is 103 cm³/mol. The Balaban J connectivity index is 1.60. The summed E-state index contributed by atoms with van der Waals surface area (Å²) >= 11 is 0. The van der Waals surface area contributed by atoms with Gasteiger partial charge in [-0.2, -0.15) is 0 Å². The number of guanidine groups is 1. The van der Waals surface area contributed by atoms with Crippen molar-refractivity contribution in [2.45, 2.75) is 32.0 Å². The number of aliphatic imine (C=N–C) groups is 1. The standard InChI is InChI=1S/C20H30N4O/c1-3-4-8-11-22-20(21-2)24-15-18-19(16-24)25-13-12-23(18)14-17-9-6-5-7-10-17/h3-7,9-10,18-19H,8,11-16H2,1-2H3,(H,21,22)/b4-3+. The van der Waals surface area contributed by atoms with E-state index in [1.807, 2.05) is 7.05 Å². The normalized spacial score (nSPS) is 24.7. The summed E-state index contributed by atoms with van der Waals surface area (Å²) in [5.41, 5.74) is 1.37. The van der Waals surface area contributed by atoms with E-state index in [0.29, 0.717) is 6.04 Å². The van der Waals surface area contributed by atoms with Gasteiger partial charge in [-0.15, -0.1) is 0 Å². The first kappa shape index (κ1) is 18.0. The van der Waals surface area contributed by atoms with Crippen LogP contribution in [0, 0.1) is 0 Å². The fourth-order valence-electron chi connectivity index (χ4n) is 3.71. The molecule has 1 aromatic rings. The SMILES string of the molecule is C/C=C/CCNC(=NC)N1CC2OCCN(Cc3ccccc3)C2C1. The monoisotopic (exact) mass is 342 g/mol. The van der Waals surface area contributed by atoms with E-state index >= 15 is 0 Å². The molecule has 2 heterocycles. The quantitative estimate of drug-likeness (QED) is 0.385. The first-order valence-electron chi connectivity index (χ1n) is 9.28. The molecule has 1 aromatic carbocycles. The Morgan fingerprint density at radius 1 is 1.32 bits per heavy atom. The highest BCUT2D eigenvalue weighted by Gasteiger charge is 2.41. The molecule has 0 spiro atoms. The lowest BCUT2D eigenvalue weighted by Gasteiger charge is -2.36. The van der Waals surface area contributed by atoms with Gasteiger partial charge in [-0.05, 0) is 18.9 Å². The number of morpholine rings is 1. The minimum atomic E-state index is 0.270. The Labute approximate surface area is 151 Å². The molecule has 0 aromatic heterocycles. The molecule has 2 saturated heterocycles. The molecule has 0 aliphatic carbocycles. The Bertz CT molecular complexity index is 587. The van der Waals surface area contributed by atoms with Crippen LogP contribution in [-0.2, 0) is 11.3 Å². The first-order chi connectivity index (χ1) is 12.3. The molecule has 136 valence electrons. The zero-order chi connectivity index (χ0) is 17.5. The van der Waals surface area contributed by atoms with Gasteiger partial charge in [0.1, 0.15) is 0 Å². The van der Waals surface area contributed by atoms with E-state index in [1.54, 1.807) is 0 Å². The van der Waals surface area contributed by atoms with Crippen molar-refractivity contribution in [3.05, 3.63) is 48.0 Å². The van der Waals surface area contributed by atoms with Crippen LogP contribution in [0.2, 0.25) is 0 Å². The highest BCUT2D eigenvalue weighted by molar-refractivity contribution is 5.80. The lowest BCUT2D eigenvalue weighted by atomic mass is 10.1. The molecule has 2 aliphatic heterocycles. The number of benzene rings is 1. The van der Waals surface area contributed by atoms with Crippen molar-refractivity contribution in [1.82, 2.24) is 15.1 Å². The summed E-state index contributed by atoms with van der Waals surface area (Å²) < 4.78 is 6.06. The van der Waals surface area contributed by atoms with Gasteiger partial charge in [-0.3, -0.25) is 9.89 Å². The second kappa shape index (κ2) is 9.02. The number of hydrogen-bond donors (Lipinski definition) is 1. The predicted octanol–water partition coefficient (Wildman–Crippen LogP) is 2.11. The van der Waals surface area contributed by atoms with E-state index in [2.05, 4.69) is 69.5 Å². The number of nitrogens with one attached hydrogen (secondary N) is 1. The van der Waals surface area contributed by atoms with Gasteiger partial charge < -0.3 is 15.0 Å². The molecule has 0 amide bonds. The maximum atomic E-state index is 6.06. The fraction of sp³-hybridized carbons (Fsp3) is 0.550. The highest BCUT2D eigenvalue weighted by atomic mass is 16.5. The number of nitrogens with zero attached hydrogens (tertiary/aromatic N) is 3. The van der Waals surface area contributed by atoms with Gasteiger partial charge in [0.15, 0.2) is 5.96 Å². The Morgan fingerprint density at radius 2 is 2.16 bits per heavy atom. The van der Waals surface area contributed by atoms with Gasteiger partial charge >= 0.3 is 0 Å². The summed E-state index contributed by atoms with van der Waals surface area (Å²) in [5, 5.41) is 3.47. The zero-order valence-electron chi connectivity index (χ0n) is 15.4. The third-order valence-electron chi connectivity index (χ3n) is 4.99. The van der Waals surface area contributed by atoms with Crippen LogP contribution >= 0.6 is 0 Å². The number of fused-ring (bicyclic) bond motifs is 1. The highest BCUT2D eigenvalue weighted by Crippen LogP contribution is 2.24. The third-order valence-corrected chi connectivity index (χ3v) is 4.99. The van der Waals surface area contributed by atoms with Crippen molar-refractivity contribution in [2.24, 2.45) is 4.99 Å². The van der Waals surface area contributed by atoms with Crippen molar-refractivity contribution >= 4 is 5.96 Å². The summed E-state index contributed by atoms with van der Waals surface area (Å²) in [7, 11) is 1.86. The molecule has 2 atom stereocenters. The molecular formula is C20H30N4O. The number of ether oxygens (including phenoxy) is 1. The maximum absolute atomic E-state index is 6.06. The van der Waals surface area contributed by atoms with E-state index in [0.717, 1.165) is 51.7 Å². The first-order valence-corrected chi connectivity index (χ1v) is 9.28. The van der Waals surface area contributed by atoms with E-state index in [9.17, 15) is 0 Å². The van der Waals surface area contributed by atoms with Crippen molar-refractivity contribution in [3.63, 3.8) is 0 Å². The molecule has 2 fully saturated rings. The lowest BCUT2D eigenvalue weighted by molar-refractivity contribution is -0.0502. The van der Waals surface area contributed by atoms with Crippen LogP contribution in [0.5, 0.6) is 0 Å². The minimum absolute atomic E-state index is 0.270. The summed E-state index contributed by atoms with van der Waals surface area (Å²) in [6.45, 7) is 7.66.